The molecule has 0 aliphatic heterocycles. The van der Waals surface area contributed by atoms with Crippen LogP contribution in [0.15, 0.2) is 24.3 Å². The van der Waals surface area contributed by atoms with Gasteiger partial charge in [0.1, 0.15) is 4.32 Å². The smallest absolute Gasteiger partial charge is 0.306 e. The highest BCUT2D eigenvalue weighted by molar-refractivity contribution is 8.22. The lowest BCUT2D eigenvalue weighted by Gasteiger charge is -2.07. The van der Waals surface area contributed by atoms with Gasteiger partial charge in [-0.2, -0.15) is 0 Å². The maximum atomic E-state index is 11.1. The van der Waals surface area contributed by atoms with Gasteiger partial charge in [0, 0.05) is 17.3 Å². The summed E-state index contributed by atoms with van der Waals surface area (Å²) in [5, 5.41) is 3.84. The van der Waals surface area contributed by atoms with Crippen LogP contribution in [0.4, 0.5) is 0 Å². The van der Waals surface area contributed by atoms with Crippen LogP contribution in [-0.4, -0.2) is 22.6 Å². The number of carbonyl (C=O) groups excluding carboxylic acids is 1. The van der Waals surface area contributed by atoms with Crippen molar-refractivity contribution in [1.82, 2.24) is 5.32 Å². The average molecular weight is 318 g/mol. The first-order valence-electron chi connectivity index (χ1n) is 5.92. The highest BCUT2D eigenvalue weighted by atomic mass is 35.5. The van der Waals surface area contributed by atoms with Gasteiger partial charge in [0.25, 0.3) is 0 Å². The first-order chi connectivity index (χ1) is 9.11. The summed E-state index contributed by atoms with van der Waals surface area (Å²) in [6, 6.07) is 7.58. The van der Waals surface area contributed by atoms with Crippen molar-refractivity contribution in [3.05, 3.63) is 34.9 Å². The third-order valence-electron chi connectivity index (χ3n) is 2.19. The lowest BCUT2D eigenvalue weighted by molar-refractivity contribution is -0.142. The third-order valence-corrected chi connectivity index (χ3v) is 3.76. The molecule has 0 radical (unpaired) electrons. The van der Waals surface area contributed by atoms with Crippen molar-refractivity contribution in [2.45, 2.75) is 19.9 Å². The standard InChI is InChI=1S/C13H16ClNO2S2/c1-2-17-12(16)7-8-19-13(18)15-9-10-3-5-11(14)6-4-10/h3-6H,2,7-9H2,1H3,(H,15,18). The Bertz CT molecular complexity index is 423. The molecule has 0 aliphatic carbocycles. The molecule has 0 unspecified atom stereocenters. The molecule has 0 aliphatic rings. The Morgan fingerprint density at radius 3 is 2.74 bits per heavy atom. The molecule has 0 spiro atoms. The number of hydrogen-bond acceptors (Lipinski definition) is 4. The minimum atomic E-state index is -0.185. The molecule has 19 heavy (non-hydrogen) atoms. The summed E-state index contributed by atoms with van der Waals surface area (Å²) < 4.78 is 5.52. The minimum Gasteiger partial charge on any atom is -0.466 e. The SMILES string of the molecule is CCOC(=O)CCSC(=S)NCc1ccc(Cl)cc1. The van der Waals surface area contributed by atoms with Gasteiger partial charge in [0.2, 0.25) is 0 Å². The summed E-state index contributed by atoms with van der Waals surface area (Å²) >= 11 is 12.4. The molecule has 6 heteroatoms. The van der Waals surface area contributed by atoms with Crippen LogP contribution < -0.4 is 5.32 Å². The van der Waals surface area contributed by atoms with Gasteiger partial charge >= 0.3 is 5.97 Å². The van der Waals surface area contributed by atoms with Crippen LogP contribution in [0.3, 0.4) is 0 Å². The molecule has 1 aromatic carbocycles. The lowest BCUT2D eigenvalue weighted by atomic mass is 10.2. The molecule has 0 saturated carbocycles. The number of hydrogen-bond donors (Lipinski definition) is 1. The van der Waals surface area contributed by atoms with Gasteiger partial charge in [-0.3, -0.25) is 4.79 Å². The van der Waals surface area contributed by atoms with Gasteiger partial charge in [-0.25, -0.2) is 0 Å². The van der Waals surface area contributed by atoms with E-state index in [1.807, 2.05) is 24.3 Å². The fourth-order valence-electron chi connectivity index (χ4n) is 1.29. The Labute approximate surface area is 128 Å². The van der Waals surface area contributed by atoms with E-state index in [9.17, 15) is 4.79 Å². The van der Waals surface area contributed by atoms with E-state index < -0.39 is 0 Å². The molecule has 0 aromatic heterocycles. The molecular weight excluding hydrogens is 302 g/mol. The van der Waals surface area contributed by atoms with E-state index in [2.05, 4.69) is 5.32 Å². The number of halogens is 1. The number of rotatable bonds is 6. The maximum Gasteiger partial charge on any atom is 0.306 e. The normalized spacial score (nSPS) is 10.0. The van der Waals surface area contributed by atoms with Crippen molar-refractivity contribution in [2.75, 3.05) is 12.4 Å². The first kappa shape index (κ1) is 16.3. The summed E-state index contributed by atoms with van der Waals surface area (Å²) in [4.78, 5) is 11.1. The number of nitrogens with one attached hydrogen (secondary N) is 1. The quantitative estimate of drug-likeness (QED) is 0.643. The Morgan fingerprint density at radius 1 is 1.42 bits per heavy atom. The van der Waals surface area contributed by atoms with Crippen molar-refractivity contribution in [2.24, 2.45) is 0 Å². The second kappa shape index (κ2) is 9.18. The largest absolute Gasteiger partial charge is 0.466 e. The molecule has 1 rings (SSSR count). The van der Waals surface area contributed by atoms with Crippen LogP contribution in [0.25, 0.3) is 0 Å². The van der Waals surface area contributed by atoms with Gasteiger partial charge < -0.3 is 10.1 Å². The molecule has 0 fully saturated rings. The first-order valence-corrected chi connectivity index (χ1v) is 7.69. The number of carbonyl (C=O) groups is 1. The molecule has 0 saturated heterocycles. The van der Waals surface area contributed by atoms with Gasteiger partial charge in [-0.15, -0.1) is 0 Å². The van der Waals surface area contributed by atoms with E-state index in [0.29, 0.717) is 29.6 Å². The van der Waals surface area contributed by atoms with Crippen molar-refractivity contribution in [3.63, 3.8) is 0 Å². The number of ether oxygens (including phenoxy) is 1. The van der Waals surface area contributed by atoms with E-state index in [4.69, 9.17) is 28.6 Å². The second-order valence-electron chi connectivity index (χ2n) is 3.67. The van der Waals surface area contributed by atoms with E-state index in [1.165, 1.54) is 11.8 Å². The zero-order chi connectivity index (χ0) is 14.1. The lowest BCUT2D eigenvalue weighted by Crippen LogP contribution is -2.18. The maximum absolute atomic E-state index is 11.1. The molecule has 0 atom stereocenters. The Kier molecular flexibility index (Phi) is 7.86. The molecule has 1 N–H and O–H groups in total. The van der Waals surface area contributed by atoms with E-state index >= 15 is 0 Å². The summed E-state index contributed by atoms with van der Waals surface area (Å²) in [5.41, 5.74) is 1.11. The van der Waals surface area contributed by atoms with E-state index in [-0.39, 0.29) is 5.97 Å². The van der Waals surface area contributed by atoms with Crippen molar-refractivity contribution >= 4 is 45.9 Å². The van der Waals surface area contributed by atoms with Crippen molar-refractivity contribution in [3.8, 4) is 0 Å². The third kappa shape index (κ3) is 7.40. The Morgan fingerprint density at radius 2 is 2.11 bits per heavy atom. The fourth-order valence-corrected chi connectivity index (χ4v) is 2.36. The number of thiocarbonyl (C=S) groups is 1. The molecule has 0 amide bonds. The van der Waals surface area contributed by atoms with Crippen LogP contribution in [0.2, 0.25) is 5.02 Å². The van der Waals surface area contributed by atoms with Crippen LogP contribution in [0.1, 0.15) is 18.9 Å². The van der Waals surface area contributed by atoms with Gasteiger partial charge in [0.15, 0.2) is 0 Å². The summed E-state index contributed by atoms with van der Waals surface area (Å²) in [7, 11) is 0. The zero-order valence-corrected chi connectivity index (χ0v) is 13.0. The number of esters is 1. The molecule has 3 nitrogen and oxygen atoms in total. The zero-order valence-electron chi connectivity index (χ0n) is 10.6. The Hall–Kier alpha value is -0.780. The number of thioether (sulfide) groups is 1. The fraction of sp³-hybridized carbons (Fsp3) is 0.385. The van der Waals surface area contributed by atoms with Crippen LogP contribution in [0, 0.1) is 0 Å². The van der Waals surface area contributed by atoms with Gasteiger partial charge in [-0.1, -0.05) is 47.7 Å². The summed E-state index contributed by atoms with van der Waals surface area (Å²) in [5.74, 6) is 0.446. The van der Waals surface area contributed by atoms with Crippen LogP contribution >= 0.6 is 35.6 Å². The second-order valence-corrected chi connectivity index (χ2v) is 5.88. The van der Waals surface area contributed by atoms with E-state index in [0.717, 1.165) is 10.6 Å². The highest BCUT2D eigenvalue weighted by Crippen LogP contribution is 2.10. The topological polar surface area (TPSA) is 38.3 Å². The molecule has 1 aromatic rings. The van der Waals surface area contributed by atoms with Crippen molar-refractivity contribution in [1.29, 1.82) is 0 Å². The van der Waals surface area contributed by atoms with E-state index in [1.54, 1.807) is 6.92 Å². The van der Waals surface area contributed by atoms with Crippen LogP contribution in [0.5, 0.6) is 0 Å². The minimum absolute atomic E-state index is 0.185. The van der Waals surface area contributed by atoms with Gasteiger partial charge in [0.05, 0.1) is 13.0 Å². The number of benzene rings is 1. The monoisotopic (exact) mass is 317 g/mol. The Balaban J connectivity index is 2.17. The van der Waals surface area contributed by atoms with Gasteiger partial charge in [-0.05, 0) is 24.6 Å². The van der Waals surface area contributed by atoms with Crippen molar-refractivity contribution < 1.29 is 9.53 Å². The molecule has 0 bridgehead atoms. The summed E-state index contributed by atoms with van der Waals surface area (Å²) in [6.07, 6.45) is 0.376. The van der Waals surface area contributed by atoms with Crippen LogP contribution in [-0.2, 0) is 16.1 Å². The highest BCUT2D eigenvalue weighted by Gasteiger charge is 2.03. The predicted octanol–water partition coefficient (Wildman–Crippen LogP) is 3.40. The average Bonchev–Trinajstić information content (AvgIpc) is 2.38. The molecular formula is C13H16ClNO2S2. The summed E-state index contributed by atoms with van der Waals surface area (Å²) in [6.45, 7) is 2.87. The molecule has 104 valence electrons. The predicted molar refractivity (Wildman–Crippen MR) is 84.6 cm³/mol. The molecule has 0 heterocycles.